The first-order valence-electron chi connectivity index (χ1n) is 6.40. The zero-order valence-corrected chi connectivity index (χ0v) is 13.0. The van der Waals surface area contributed by atoms with Crippen LogP contribution in [-0.2, 0) is 0 Å². The largest absolute Gasteiger partial charge is 0.504 e. The molecule has 1 aliphatic rings. The average molecular weight is 312 g/mol. The summed E-state index contributed by atoms with van der Waals surface area (Å²) in [5.41, 5.74) is 0.572. The van der Waals surface area contributed by atoms with E-state index < -0.39 is 6.09 Å². The Labute approximate surface area is 128 Å². The normalized spacial score (nSPS) is 14.5. The van der Waals surface area contributed by atoms with Crippen molar-refractivity contribution < 1.29 is 15.0 Å². The van der Waals surface area contributed by atoms with Crippen LogP contribution >= 0.6 is 11.8 Å². The van der Waals surface area contributed by atoms with Crippen LogP contribution in [-0.4, -0.2) is 76.1 Å². The molecule has 0 aliphatic carbocycles. The number of amides is 1. The van der Waals surface area contributed by atoms with Crippen LogP contribution < -0.4 is 0 Å². The van der Waals surface area contributed by atoms with Crippen molar-refractivity contribution in [3.63, 3.8) is 0 Å². The van der Waals surface area contributed by atoms with Gasteiger partial charge in [0.1, 0.15) is 5.69 Å². The number of aromatic hydroxyl groups is 1. The lowest BCUT2D eigenvalue weighted by molar-refractivity contribution is 0.165. The van der Waals surface area contributed by atoms with E-state index in [1.807, 2.05) is 11.8 Å². The van der Waals surface area contributed by atoms with Crippen LogP contribution in [0.1, 0.15) is 0 Å². The molecule has 0 aromatic carbocycles. The van der Waals surface area contributed by atoms with Crippen molar-refractivity contribution in [2.75, 3.05) is 38.7 Å². The fraction of sp³-hybridized carbons (Fsp3) is 0.462. The number of rotatable bonds is 2. The molecule has 0 spiro atoms. The minimum absolute atomic E-state index is 0.125. The highest BCUT2D eigenvalue weighted by atomic mass is 32.2. The summed E-state index contributed by atoms with van der Waals surface area (Å²) >= 11 is 1.96. The van der Waals surface area contributed by atoms with Crippen LogP contribution in [0.25, 0.3) is 0 Å². The fourth-order valence-corrected chi connectivity index (χ4v) is 2.26. The van der Waals surface area contributed by atoms with Crippen molar-refractivity contribution in [3.8, 4) is 5.75 Å². The van der Waals surface area contributed by atoms with E-state index in [2.05, 4.69) is 14.9 Å². The molecule has 0 saturated carbocycles. The van der Waals surface area contributed by atoms with E-state index in [-0.39, 0.29) is 5.75 Å². The molecular formula is C13H20N4O3S. The lowest BCUT2D eigenvalue weighted by Crippen LogP contribution is -2.31. The summed E-state index contributed by atoms with van der Waals surface area (Å²) in [4.78, 5) is 20.9. The van der Waals surface area contributed by atoms with E-state index in [0.29, 0.717) is 5.69 Å². The van der Waals surface area contributed by atoms with Gasteiger partial charge in [-0.25, -0.2) is 9.79 Å². The number of hydrogen-bond donors (Lipinski definition) is 2. The molecule has 2 N–H and O–H groups in total. The molecule has 1 aliphatic heterocycles. The van der Waals surface area contributed by atoms with Gasteiger partial charge in [-0.05, 0) is 6.07 Å². The smallest absolute Gasteiger partial charge is 0.406 e. The maximum absolute atomic E-state index is 9.62. The second-order valence-electron chi connectivity index (χ2n) is 4.43. The van der Waals surface area contributed by atoms with E-state index in [9.17, 15) is 9.90 Å². The van der Waals surface area contributed by atoms with E-state index >= 15 is 0 Å². The Balaban J connectivity index is 0.000000315. The third-order valence-corrected chi connectivity index (χ3v) is 3.51. The third kappa shape index (κ3) is 6.84. The van der Waals surface area contributed by atoms with E-state index in [0.717, 1.165) is 29.5 Å². The van der Waals surface area contributed by atoms with Crippen molar-refractivity contribution in [3.05, 3.63) is 18.5 Å². The Morgan fingerprint density at radius 1 is 1.48 bits per heavy atom. The Hall–Kier alpha value is -1.96. The topological polar surface area (TPSA) is 89.3 Å². The third-order valence-electron chi connectivity index (χ3n) is 2.57. The number of nitrogens with zero attached hydrogens (tertiary/aromatic N) is 4. The first-order valence-corrected chi connectivity index (χ1v) is 7.55. The van der Waals surface area contributed by atoms with Gasteiger partial charge in [-0.15, -0.1) is 0 Å². The van der Waals surface area contributed by atoms with Gasteiger partial charge in [-0.2, -0.15) is 11.8 Å². The van der Waals surface area contributed by atoms with Crippen LogP contribution in [0, 0.1) is 0 Å². The molecular weight excluding hydrogens is 292 g/mol. The second-order valence-corrected chi connectivity index (χ2v) is 5.66. The molecule has 0 bridgehead atoms. The Morgan fingerprint density at radius 2 is 2.10 bits per heavy atom. The standard InChI is InChI=1S/C10H13N3OS.C3H7NO2/c14-10-7-11-2-1-9(10)12-8-13-3-5-15-6-4-13;1-4(2)3(5)6/h1-2,7-8,14H,3-6H2;1-2H3,(H,5,6)/b12-8+;. The number of aliphatic imine (C=N–C) groups is 1. The number of pyridine rings is 1. The summed E-state index contributed by atoms with van der Waals surface area (Å²) in [7, 11) is 2.95. The molecule has 1 aromatic rings. The fourth-order valence-electron chi connectivity index (χ4n) is 1.32. The minimum atomic E-state index is -0.907. The zero-order valence-electron chi connectivity index (χ0n) is 12.1. The monoisotopic (exact) mass is 312 g/mol. The van der Waals surface area contributed by atoms with Crippen molar-refractivity contribution in [1.82, 2.24) is 14.8 Å². The van der Waals surface area contributed by atoms with Crippen molar-refractivity contribution in [2.45, 2.75) is 0 Å². The number of hydrogen-bond acceptors (Lipinski definition) is 5. The summed E-state index contributed by atoms with van der Waals surface area (Å²) in [5, 5.41) is 17.4. The summed E-state index contributed by atoms with van der Waals surface area (Å²) in [5.74, 6) is 2.42. The predicted octanol–water partition coefficient (Wildman–Crippen LogP) is 1.72. The lowest BCUT2D eigenvalue weighted by Gasteiger charge is -2.23. The summed E-state index contributed by atoms with van der Waals surface area (Å²) in [6, 6.07) is 1.70. The van der Waals surface area contributed by atoms with Crippen molar-refractivity contribution in [2.24, 2.45) is 4.99 Å². The molecule has 0 radical (unpaired) electrons. The minimum Gasteiger partial charge on any atom is -0.504 e. The van der Waals surface area contributed by atoms with Gasteiger partial charge >= 0.3 is 6.09 Å². The molecule has 0 atom stereocenters. The van der Waals surface area contributed by atoms with Crippen molar-refractivity contribution in [1.29, 1.82) is 0 Å². The highest BCUT2D eigenvalue weighted by Gasteiger charge is 2.06. The van der Waals surface area contributed by atoms with Gasteiger partial charge in [0, 0.05) is 44.9 Å². The summed E-state index contributed by atoms with van der Waals surface area (Å²) in [6.07, 6.45) is 3.92. The van der Waals surface area contributed by atoms with Gasteiger partial charge in [0.05, 0.1) is 12.5 Å². The van der Waals surface area contributed by atoms with Gasteiger partial charge < -0.3 is 20.0 Å². The van der Waals surface area contributed by atoms with E-state index in [4.69, 9.17) is 5.11 Å². The number of thioether (sulfide) groups is 1. The molecule has 21 heavy (non-hydrogen) atoms. The van der Waals surface area contributed by atoms with Crippen LogP contribution in [0.4, 0.5) is 10.5 Å². The van der Waals surface area contributed by atoms with Crippen LogP contribution in [0.15, 0.2) is 23.5 Å². The van der Waals surface area contributed by atoms with E-state index in [1.54, 1.807) is 18.6 Å². The molecule has 1 aromatic heterocycles. The van der Waals surface area contributed by atoms with Gasteiger partial charge in [0.2, 0.25) is 0 Å². The molecule has 2 heterocycles. The Bertz CT molecular complexity index is 476. The predicted molar refractivity (Wildman–Crippen MR) is 84.7 cm³/mol. The first kappa shape index (κ1) is 17.1. The summed E-state index contributed by atoms with van der Waals surface area (Å²) in [6.45, 7) is 2.06. The molecule has 7 nitrogen and oxygen atoms in total. The first-order chi connectivity index (χ1) is 10.0. The maximum Gasteiger partial charge on any atom is 0.406 e. The molecule has 2 rings (SSSR count). The number of aromatic nitrogens is 1. The van der Waals surface area contributed by atoms with Crippen LogP contribution in [0.3, 0.4) is 0 Å². The highest BCUT2D eigenvalue weighted by molar-refractivity contribution is 7.99. The molecule has 116 valence electrons. The van der Waals surface area contributed by atoms with Gasteiger partial charge in [-0.3, -0.25) is 4.98 Å². The average Bonchev–Trinajstić information content (AvgIpc) is 2.48. The molecule has 1 saturated heterocycles. The Morgan fingerprint density at radius 3 is 2.62 bits per heavy atom. The van der Waals surface area contributed by atoms with Gasteiger partial charge in [0.15, 0.2) is 5.75 Å². The van der Waals surface area contributed by atoms with Crippen LogP contribution in [0.5, 0.6) is 5.75 Å². The molecule has 1 fully saturated rings. The molecule has 8 heteroatoms. The SMILES string of the molecule is CN(C)C(=O)O.Oc1cnccc1/N=C/N1CCSCC1. The van der Waals surface area contributed by atoms with Crippen LogP contribution in [0.2, 0.25) is 0 Å². The van der Waals surface area contributed by atoms with Crippen molar-refractivity contribution >= 4 is 29.9 Å². The lowest BCUT2D eigenvalue weighted by atomic mass is 10.4. The quantitative estimate of drug-likeness (QED) is 0.638. The number of carbonyl (C=O) groups is 1. The molecule has 0 unspecified atom stereocenters. The molecule has 1 amide bonds. The zero-order chi connectivity index (χ0) is 15.7. The second kappa shape index (κ2) is 9.06. The van der Waals surface area contributed by atoms with Gasteiger partial charge in [-0.1, -0.05) is 0 Å². The van der Waals surface area contributed by atoms with E-state index in [1.165, 1.54) is 20.3 Å². The maximum atomic E-state index is 9.62. The highest BCUT2D eigenvalue weighted by Crippen LogP contribution is 2.23. The summed E-state index contributed by atoms with van der Waals surface area (Å²) < 4.78 is 0. The van der Waals surface area contributed by atoms with Gasteiger partial charge in [0.25, 0.3) is 0 Å². The Kier molecular flexibility index (Phi) is 7.38. The number of carboxylic acid groups (broad SMARTS) is 1.